The number of hydrogen-bond acceptors (Lipinski definition) is 3. The molecule has 134 valence electrons. The minimum atomic E-state index is -0.148. The summed E-state index contributed by atoms with van der Waals surface area (Å²) in [6, 6.07) is 18.2. The number of fused-ring (bicyclic) bond motifs is 3. The topological polar surface area (TPSA) is 29.1 Å². The molecule has 2 aliphatic rings. The first kappa shape index (κ1) is 17.2. The molecule has 1 atom stereocenters. The molecule has 2 heterocycles. The fourth-order valence-electron chi connectivity index (χ4n) is 4.06. The summed E-state index contributed by atoms with van der Waals surface area (Å²) in [4.78, 5) is 12.9. The number of nitrogens with one attached hydrogen (secondary N) is 1. The Morgan fingerprint density at radius 3 is 2.67 bits per heavy atom. The molecule has 0 saturated carbocycles. The highest BCUT2D eigenvalue weighted by Gasteiger charge is 2.36. The Morgan fingerprint density at radius 2 is 1.81 bits per heavy atom. The van der Waals surface area contributed by atoms with Crippen molar-refractivity contribution in [3.63, 3.8) is 0 Å². The number of allylic oxidation sites excluding steroid dienone is 1. The molecule has 1 unspecified atom stereocenters. The fourth-order valence-corrected chi connectivity index (χ4v) is 5.24. The van der Waals surface area contributed by atoms with Gasteiger partial charge in [0, 0.05) is 28.6 Å². The molecule has 2 nitrogen and oxygen atoms in total. The van der Waals surface area contributed by atoms with Gasteiger partial charge in [0.15, 0.2) is 5.78 Å². The highest BCUT2D eigenvalue weighted by Crippen LogP contribution is 2.48. The van der Waals surface area contributed by atoms with Gasteiger partial charge in [-0.05, 0) is 40.1 Å². The number of benzene rings is 3. The zero-order valence-corrected chi connectivity index (χ0v) is 16.6. The van der Waals surface area contributed by atoms with Crippen LogP contribution in [0.2, 0.25) is 10.0 Å². The molecule has 0 spiro atoms. The lowest BCUT2D eigenvalue weighted by Crippen LogP contribution is -2.29. The van der Waals surface area contributed by atoms with Gasteiger partial charge in [0.25, 0.3) is 0 Å². The maximum absolute atomic E-state index is 12.9. The summed E-state index contributed by atoms with van der Waals surface area (Å²) in [6.45, 7) is 0. The number of carbonyl (C=O) groups is 1. The Kier molecular flexibility index (Phi) is 4.19. The number of thioether (sulfide) groups is 1. The van der Waals surface area contributed by atoms with Crippen molar-refractivity contribution in [2.45, 2.75) is 5.92 Å². The van der Waals surface area contributed by atoms with Crippen LogP contribution in [0.5, 0.6) is 0 Å². The van der Waals surface area contributed by atoms with E-state index in [1.54, 1.807) is 11.8 Å². The Labute approximate surface area is 171 Å². The van der Waals surface area contributed by atoms with Crippen molar-refractivity contribution in [1.29, 1.82) is 0 Å². The van der Waals surface area contributed by atoms with Crippen molar-refractivity contribution in [2.75, 3.05) is 16.8 Å². The molecule has 2 aliphatic heterocycles. The van der Waals surface area contributed by atoms with Crippen LogP contribution in [0.25, 0.3) is 10.8 Å². The largest absolute Gasteiger partial charge is 0.358 e. The lowest BCUT2D eigenvalue weighted by atomic mass is 9.77. The molecular formula is C22H15Cl2NOS. The van der Waals surface area contributed by atoms with E-state index in [1.807, 2.05) is 30.3 Å². The number of anilines is 1. The fraction of sp³-hybridized carbons (Fsp3) is 0.136. The first-order valence-corrected chi connectivity index (χ1v) is 10.6. The van der Waals surface area contributed by atoms with E-state index in [-0.39, 0.29) is 11.7 Å². The normalized spacial score (nSPS) is 18.9. The summed E-state index contributed by atoms with van der Waals surface area (Å²) in [5, 5.41) is 6.86. The Morgan fingerprint density at radius 1 is 0.963 bits per heavy atom. The van der Waals surface area contributed by atoms with Gasteiger partial charge in [0.1, 0.15) is 0 Å². The summed E-state index contributed by atoms with van der Waals surface area (Å²) in [6.07, 6.45) is 0. The van der Waals surface area contributed by atoms with Crippen LogP contribution in [-0.2, 0) is 4.79 Å². The number of hydrogen-bond donors (Lipinski definition) is 1. The van der Waals surface area contributed by atoms with Gasteiger partial charge in [-0.3, -0.25) is 4.79 Å². The molecular weight excluding hydrogens is 397 g/mol. The number of ketones is 1. The Bertz CT molecular complexity index is 1140. The average Bonchev–Trinajstić information content (AvgIpc) is 2.68. The van der Waals surface area contributed by atoms with Gasteiger partial charge in [-0.25, -0.2) is 0 Å². The second-order valence-electron chi connectivity index (χ2n) is 6.79. The predicted octanol–water partition coefficient (Wildman–Crippen LogP) is 6.27. The first-order chi connectivity index (χ1) is 13.1. The van der Waals surface area contributed by atoms with Crippen molar-refractivity contribution in [2.24, 2.45) is 0 Å². The maximum atomic E-state index is 12.9. The van der Waals surface area contributed by atoms with Crippen molar-refractivity contribution in [1.82, 2.24) is 0 Å². The summed E-state index contributed by atoms with van der Waals surface area (Å²) in [5.74, 6) is 1.36. The molecule has 3 aromatic carbocycles. The van der Waals surface area contributed by atoms with Crippen LogP contribution >= 0.6 is 35.0 Å². The van der Waals surface area contributed by atoms with Crippen molar-refractivity contribution in [3.8, 4) is 0 Å². The summed E-state index contributed by atoms with van der Waals surface area (Å²) >= 11 is 14.1. The van der Waals surface area contributed by atoms with Crippen LogP contribution in [-0.4, -0.2) is 17.3 Å². The van der Waals surface area contributed by atoms with Crippen molar-refractivity contribution >= 4 is 57.2 Å². The van der Waals surface area contributed by atoms with Crippen LogP contribution in [0.4, 0.5) is 5.69 Å². The molecule has 0 aromatic heterocycles. The number of carbonyl (C=O) groups excluding carboxylic acids is 1. The van der Waals surface area contributed by atoms with Crippen LogP contribution in [0.1, 0.15) is 17.0 Å². The van der Waals surface area contributed by atoms with Crippen LogP contribution in [0.15, 0.2) is 65.9 Å². The minimum Gasteiger partial charge on any atom is -0.358 e. The molecule has 0 bridgehead atoms. The van der Waals surface area contributed by atoms with Crippen LogP contribution in [0, 0.1) is 0 Å². The van der Waals surface area contributed by atoms with E-state index in [0.29, 0.717) is 15.8 Å². The molecule has 27 heavy (non-hydrogen) atoms. The maximum Gasteiger partial charge on any atom is 0.171 e. The number of Topliss-reactive ketones (excluding diaryl/α,β-unsaturated/α-hetero) is 1. The van der Waals surface area contributed by atoms with Gasteiger partial charge >= 0.3 is 0 Å². The third kappa shape index (κ3) is 2.77. The molecule has 0 fully saturated rings. The average molecular weight is 412 g/mol. The monoisotopic (exact) mass is 411 g/mol. The standard InChI is InChI=1S/C22H15Cl2NOS/c23-15-7-5-13(9-16(15)24)20-21-14-4-2-1-3-12(14)6-8-17(21)25-18-10-27-11-19(26)22(18)20/h1-9,20,25H,10-11H2. The van der Waals surface area contributed by atoms with Crippen molar-refractivity contribution in [3.05, 3.63) is 87.0 Å². The van der Waals surface area contributed by atoms with E-state index in [1.165, 1.54) is 0 Å². The Balaban J connectivity index is 1.84. The minimum absolute atomic E-state index is 0.148. The van der Waals surface area contributed by atoms with Gasteiger partial charge in [-0.15, -0.1) is 11.8 Å². The lowest BCUT2D eigenvalue weighted by Gasteiger charge is -2.34. The molecule has 0 radical (unpaired) electrons. The molecule has 1 N–H and O–H groups in total. The first-order valence-electron chi connectivity index (χ1n) is 8.71. The van der Waals surface area contributed by atoms with Gasteiger partial charge < -0.3 is 5.32 Å². The van der Waals surface area contributed by atoms with Gasteiger partial charge in [0.05, 0.1) is 15.8 Å². The second kappa shape index (κ2) is 6.59. The summed E-state index contributed by atoms with van der Waals surface area (Å²) in [7, 11) is 0. The SMILES string of the molecule is O=C1CSCC2=C1C(c1ccc(Cl)c(Cl)c1)c1c(ccc3ccccc13)N2. The molecule has 0 amide bonds. The lowest BCUT2D eigenvalue weighted by molar-refractivity contribution is -0.113. The smallest absolute Gasteiger partial charge is 0.171 e. The van der Waals surface area contributed by atoms with Crippen LogP contribution < -0.4 is 5.32 Å². The third-order valence-corrected chi connectivity index (χ3v) is 6.91. The van der Waals surface area contributed by atoms with Crippen molar-refractivity contribution < 1.29 is 4.79 Å². The highest BCUT2D eigenvalue weighted by molar-refractivity contribution is 8.00. The third-order valence-electron chi connectivity index (χ3n) is 5.22. The van der Waals surface area contributed by atoms with E-state index >= 15 is 0 Å². The van der Waals surface area contributed by atoms with Gasteiger partial charge in [0.2, 0.25) is 0 Å². The highest BCUT2D eigenvalue weighted by atomic mass is 35.5. The van der Waals surface area contributed by atoms with E-state index in [4.69, 9.17) is 23.2 Å². The molecule has 0 saturated heterocycles. The Hall–Kier alpha value is -1.94. The molecule has 0 aliphatic carbocycles. The molecule has 5 heteroatoms. The van der Waals surface area contributed by atoms with E-state index in [9.17, 15) is 4.79 Å². The molecule has 3 aromatic rings. The second-order valence-corrected chi connectivity index (χ2v) is 8.59. The predicted molar refractivity (Wildman–Crippen MR) is 115 cm³/mol. The van der Waals surface area contributed by atoms with E-state index in [2.05, 4.69) is 29.6 Å². The quantitative estimate of drug-likeness (QED) is 0.511. The zero-order chi connectivity index (χ0) is 18.5. The summed E-state index contributed by atoms with van der Waals surface area (Å²) < 4.78 is 0. The van der Waals surface area contributed by atoms with E-state index in [0.717, 1.165) is 44.6 Å². The summed E-state index contributed by atoms with van der Waals surface area (Å²) in [5.41, 5.74) is 5.05. The van der Waals surface area contributed by atoms with Gasteiger partial charge in [-0.2, -0.15) is 0 Å². The number of halogens is 2. The molecule has 5 rings (SSSR count). The number of rotatable bonds is 1. The van der Waals surface area contributed by atoms with Crippen LogP contribution in [0.3, 0.4) is 0 Å². The van der Waals surface area contributed by atoms with E-state index < -0.39 is 0 Å². The zero-order valence-electron chi connectivity index (χ0n) is 14.3. The van der Waals surface area contributed by atoms with Gasteiger partial charge in [-0.1, -0.05) is 59.6 Å².